The van der Waals surface area contributed by atoms with Crippen LogP contribution in [-0.2, 0) is 13.0 Å². The molecule has 1 rings (SSSR count). The summed E-state index contributed by atoms with van der Waals surface area (Å²) < 4.78 is 37.9. The fourth-order valence-corrected chi connectivity index (χ4v) is 1.28. The summed E-state index contributed by atoms with van der Waals surface area (Å²) >= 11 is 0. The highest BCUT2D eigenvalue weighted by atomic mass is 19.3. The van der Waals surface area contributed by atoms with Gasteiger partial charge in [-0.05, 0) is 11.1 Å². The maximum absolute atomic E-state index is 13.0. The third-order valence-corrected chi connectivity index (χ3v) is 1.96. The van der Waals surface area contributed by atoms with E-state index in [4.69, 9.17) is 11.0 Å². The zero-order valence-electron chi connectivity index (χ0n) is 7.67. The quantitative estimate of drug-likeness (QED) is 0.780. The van der Waals surface area contributed by atoms with Crippen LogP contribution >= 0.6 is 0 Å². The molecule has 80 valence electrons. The Morgan fingerprint density at radius 3 is 2.67 bits per heavy atom. The predicted octanol–water partition coefficient (Wildman–Crippen LogP) is 1.68. The molecule has 0 amide bonds. The Kier molecular flexibility index (Phi) is 3.63. The summed E-state index contributed by atoms with van der Waals surface area (Å²) in [5, 5.41) is 8.44. The molecule has 0 fully saturated rings. The van der Waals surface area contributed by atoms with Crippen molar-refractivity contribution in [2.45, 2.75) is 19.4 Å². The van der Waals surface area contributed by atoms with Gasteiger partial charge in [-0.15, -0.1) is 0 Å². The number of aromatic nitrogens is 1. The summed E-state index contributed by atoms with van der Waals surface area (Å²) in [5.41, 5.74) is 4.67. The molecule has 0 radical (unpaired) electrons. The summed E-state index contributed by atoms with van der Waals surface area (Å²) in [5.74, 6) is -1.23. The van der Waals surface area contributed by atoms with Crippen molar-refractivity contribution in [2.24, 2.45) is 5.73 Å². The fraction of sp³-hybridized carbons (Fsp3) is 0.333. The van der Waals surface area contributed by atoms with Crippen LogP contribution in [0, 0.1) is 17.3 Å². The fourth-order valence-electron chi connectivity index (χ4n) is 1.28. The Balaban J connectivity index is 3.34. The molecule has 2 N–H and O–H groups in total. The van der Waals surface area contributed by atoms with Crippen LogP contribution in [0.5, 0.6) is 0 Å². The van der Waals surface area contributed by atoms with E-state index < -0.39 is 17.9 Å². The molecule has 0 unspecified atom stereocenters. The lowest BCUT2D eigenvalue weighted by molar-refractivity contribution is 0.143. The van der Waals surface area contributed by atoms with E-state index in [9.17, 15) is 13.2 Å². The average Bonchev–Trinajstić information content (AvgIpc) is 2.19. The van der Waals surface area contributed by atoms with Gasteiger partial charge >= 0.3 is 0 Å². The van der Waals surface area contributed by atoms with Gasteiger partial charge in [-0.3, -0.25) is 0 Å². The van der Waals surface area contributed by atoms with E-state index in [1.807, 2.05) is 0 Å². The van der Waals surface area contributed by atoms with Gasteiger partial charge in [0.1, 0.15) is 0 Å². The van der Waals surface area contributed by atoms with Gasteiger partial charge in [-0.25, -0.2) is 13.8 Å². The molecule has 0 saturated heterocycles. The molecule has 1 aromatic rings. The van der Waals surface area contributed by atoms with Crippen LogP contribution in [0.25, 0.3) is 0 Å². The number of halogens is 3. The van der Waals surface area contributed by atoms with Crippen LogP contribution < -0.4 is 5.73 Å². The molecule has 0 aromatic carbocycles. The van der Waals surface area contributed by atoms with Gasteiger partial charge in [0, 0.05) is 12.7 Å². The maximum atomic E-state index is 13.0. The summed E-state index contributed by atoms with van der Waals surface area (Å²) in [7, 11) is 0. The van der Waals surface area contributed by atoms with Crippen molar-refractivity contribution >= 4 is 0 Å². The molecule has 0 spiro atoms. The Morgan fingerprint density at radius 2 is 2.20 bits per heavy atom. The van der Waals surface area contributed by atoms with Crippen molar-refractivity contribution in [2.75, 3.05) is 0 Å². The monoisotopic (exact) mass is 215 g/mol. The Bertz CT molecular complexity index is 398. The molecule has 0 bridgehead atoms. The zero-order chi connectivity index (χ0) is 11.4. The third kappa shape index (κ3) is 2.25. The van der Waals surface area contributed by atoms with Gasteiger partial charge in [0.25, 0.3) is 6.43 Å². The first kappa shape index (κ1) is 11.5. The van der Waals surface area contributed by atoms with Gasteiger partial charge in [-0.1, -0.05) is 0 Å². The lowest BCUT2D eigenvalue weighted by Gasteiger charge is -2.10. The molecule has 0 aliphatic carbocycles. The van der Waals surface area contributed by atoms with Gasteiger partial charge in [0.05, 0.1) is 18.1 Å². The molecule has 6 heteroatoms. The highest BCUT2D eigenvalue weighted by molar-refractivity contribution is 5.35. The van der Waals surface area contributed by atoms with Crippen molar-refractivity contribution in [3.63, 3.8) is 0 Å². The van der Waals surface area contributed by atoms with Gasteiger partial charge in [0.2, 0.25) is 5.95 Å². The summed E-state index contributed by atoms with van der Waals surface area (Å²) in [6.45, 7) is -0.240. The molecular weight excluding hydrogens is 207 g/mol. The van der Waals surface area contributed by atoms with Gasteiger partial charge < -0.3 is 5.73 Å². The third-order valence-electron chi connectivity index (χ3n) is 1.96. The number of nitriles is 1. The van der Waals surface area contributed by atoms with Crippen LogP contribution in [0.15, 0.2) is 6.20 Å². The van der Waals surface area contributed by atoms with Gasteiger partial charge in [0.15, 0.2) is 0 Å². The van der Waals surface area contributed by atoms with Gasteiger partial charge in [-0.2, -0.15) is 9.65 Å². The second-order valence-electron chi connectivity index (χ2n) is 2.81. The minimum Gasteiger partial charge on any atom is -0.326 e. The lowest BCUT2D eigenvalue weighted by Crippen LogP contribution is -2.10. The number of rotatable bonds is 3. The minimum absolute atomic E-state index is 0.0287. The molecule has 3 nitrogen and oxygen atoms in total. The zero-order valence-corrected chi connectivity index (χ0v) is 7.67. The molecule has 0 saturated carbocycles. The van der Waals surface area contributed by atoms with E-state index in [2.05, 4.69) is 4.98 Å². The molecular formula is C9H8F3N3. The first-order valence-corrected chi connectivity index (χ1v) is 4.13. The van der Waals surface area contributed by atoms with Crippen LogP contribution in [0.4, 0.5) is 13.2 Å². The van der Waals surface area contributed by atoms with Crippen LogP contribution in [0.3, 0.4) is 0 Å². The number of nitrogens with zero attached hydrogens (tertiary/aromatic N) is 2. The van der Waals surface area contributed by atoms with Crippen molar-refractivity contribution in [1.29, 1.82) is 5.26 Å². The van der Waals surface area contributed by atoms with Crippen molar-refractivity contribution in [1.82, 2.24) is 4.98 Å². The second kappa shape index (κ2) is 4.75. The molecule has 0 aliphatic heterocycles. The number of nitrogens with two attached hydrogens (primary N) is 1. The molecule has 0 atom stereocenters. The first-order chi connectivity index (χ1) is 7.11. The SMILES string of the molecule is N#CCc1cnc(F)c(C(F)F)c1CN. The highest BCUT2D eigenvalue weighted by Crippen LogP contribution is 2.26. The average molecular weight is 215 g/mol. The smallest absolute Gasteiger partial charge is 0.268 e. The number of hydrogen-bond acceptors (Lipinski definition) is 3. The van der Waals surface area contributed by atoms with E-state index in [1.54, 1.807) is 6.07 Å². The maximum Gasteiger partial charge on any atom is 0.268 e. The Morgan fingerprint density at radius 1 is 1.53 bits per heavy atom. The molecule has 15 heavy (non-hydrogen) atoms. The second-order valence-corrected chi connectivity index (χ2v) is 2.81. The van der Waals surface area contributed by atoms with Crippen LogP contribution in [-0.4, -0.2) is 4.98 Å². The lowest BCUT2D eigenvalue weighted by atomic mass is 10.0. The van der Waals surface area contributed by atoms with E-state index in [1.165, 1.54) is 0 Å². The molecule has 1 heterocycles. The van der Waals surface area contributed by atoms with E-state index in [0.717, 1.165) is 6.20 Å². The van der Waals surface area contributed by atoms with Crippen molar-refractivity contribution in [3.8, 4) is 6.07 Å². The number of pyridine rings is 1. The Labute approximate surface area is 84.3 Å². The highest BCUT2D eigenvalue weighted by Gasteiger charge is 2.21. The minimum atomic E-state index is -2.98. The largest absolute Gasteiger partial charge is 0.326 e. The van der Waals surface area contributed by atoms with Crippen LogP contribution in [0.2, 0.25) is 0 Å². The first-order valence-electron chi connectivity index (χ1n) is 4.13. The summed E-state index contributed by atoms with van der Waals surface area (Å²) in [4.78, 5) is 3.17. The van der Waals surface area contributed by atoms with Crippen molar-refractivity contribution in [3.05, 3.63) is 28.8 Å². The predicted molar refractivity (Wildman–Crippen MR) is 46.4 cm³/mol. The number of hydrogen-bond donors (Lipinski definition) is 1. The Hall–Kier alpha value is -1.61. The van der Waals surface area contributed by atoms with Crippen molar-refractivity contribution < 1.29 is 13.2 Å². The number of alkyl halides is 2. The molecule has 1 aromatic heterocycles. The normalized spacial score (nSPS) is 10.4. The molecule has 0 aliphatic rings. The van der Waals surface area contributed by atoms with E-state index in [-0.39, 0.29) is 24.1 Å². The standard InChI is InChI=1S/C9H8F3N3/c10-8(11)7-6(3-14)5(1-2-13)4-15-9(7)12/h4,8H,1,3,14H2. The topological polar surface area (TPSA) is 62.7 Å². The summed E-state index contributed by atoms with van der Waals surface area (Å²) in [6, 6.07) is 1.78. The van der Waals surface area contributed by atoms with Crippen LogP contribution in [0.1, 0.15) is 23.1 Å². The van der Waals surface area contributed by atoms with E-state index in [0.29, 0.717) is 0 Å². The summed E-state index contributed by atoms with van der Waals surface area (Å²) in [6.07, 6.45) is -2.03. The van der Waals surface area contributed by atoms with E-state index >= 15 is 0 Å².